The van der Waals surface area contributed by atoms with Gasteiger partial charge in [-0.05, 0) is 18.6 Å². The number of aromatic amines is 1. The number of hydrogen-bond acceptors (Lipinski definition) is 4. The van der Waals surface area contributed by atoms with Crippen LogP contribution in [0.15, 0.2) is 29.1 Å². The highest BCUT2D eigenvalue weighted by atomic mass is 16.4. The number of rotatable bonds is 4. The van der Waals surface area contributed by atoms with Crippen LogP contribution in [0.5, 0.6) is 11.6 Å². The van der Waals surface area contributed by atoms with Gasteiger partial charge in [-0.15, -0.1) is 0 Å². The van der Waals surface area contributed by atoms with Crippen LogP contribution in [0.1, 0.15) is 12.0 Å². The second-order valence-electron chi connectivity index (χ2n) is 3.96. The summed E-state index contributed by atoms with van der Waals surface area (Å²) in [4.78, 5) is 22.1. The number of phenols is 1. The van der Waals surface area contributed by atoms with E-state index in [0.29, 0.717) is 0 Å². The van der Waals surface area contributed by atoms with E-state index in [0.717, 1.165) is 4.68 Å². The third-order valence-electron chi connectivity index (χ3n) is 2.68. The minimum absolute atomic E-state index is 0.0225. The van der Waals surface area contributed by atoms with Crippen molar-refractivity contribution >= 4 is 5.97 Å². The summed E-state index contributed by atoms with van der Waals surface area (Å²) in [7, 11) is 0. The SMILES string of the molecule is O=C(O)CCc1c(O)n(-c2ccccc2O)[nH]c1=O. The van der Waals surface area contributed by atoms with Crippen LogP contribution in [0.3, 0.4) is 0 Å². The van der Waals surface area contributed by atoms with Gasteiger partial charge in [-0.3, -0.25) is 14.7 Å². The molecular formula is C12H12N2O5. The largest absolute Gasteiger partial charge is 0.506 e. The predicted octanol–water partition coefficient (Wildman–Crippen LogP) is 0.594. The van der Waals surface area contributed by atoms with E-state index in [1.54, 1.807) is 12.1 Å². The van der Waals surface area contributed by atoms with Crippen molar-refractivity contribution < 1.29 is 20.1 Å². The average molecular weight is 264 g/mol. The fraction of sp³-hybridized carbons (Fsp3) is 0.167. The molecule has 1 aromatic heterocycles. The van der Waals surface area contributed by atoms with Gasteiger partial charge in [0.15, 0.2) is 0 Å². The number of aliphatic carboxylic acids is 1. The molecule has 4 N–H and O–H groups in total. The Morgan fingerprint density at radius 1 is 1.26 bits per heavy atom. The van der Waals surface area contributed by atoms with Crippen molar-refractivity contribution in [3.8, 4) is 17.3 Å². The zero-order chi connectivity index (χ0) is 14.0. The Kier molecular flexibility index (Phi) is 3.28. The zero-order valence-corrected chi connectivity index (χ0v) is 9.83. The van der Waals surface area contributed by atoms with Gasteiger partial charge in [0.1, 0.15) is 11.4 Å². The van der Waals surface area contributed by atoms with Crippen molar-refractivity contribution in [1.82, 2.24) is 9.78 Å². The van der Waals surface area contributed by atoms with E-state index < -0.39 is 17.4 Å². The lowest BCUT2D eigenvalue weighted by Crippen LogP contribution is -2.09. The van der Waals surface area contributed by atoms with Crippen LogP contribution in [0.4, 0.5) is 0 Å². The summed E-state index contributed by atoms with van der Waals surface area (Å²) in [5.74, 6) is -1.57. The number of phenolic OH excluding ortho intramolecular Hbond substituents is 1. The van der Waals surface area contributed by atoms with Crippen LogP contribution in [0.25, 0.3) is 5.69 Å². The van der Waals surface area contributed by atoms with Crippen LogP contribution in [0.2, 0.25) is 0 Å². The number of carbonyl (C=O) groups is 1. The van der Waals surface area contributed by atoms with E-state index in [1.807, 2.05) is 0 Å². The lowest BCUT2D eigenvalue weighted by atomic mass is 10.2. The number of carboxylic acids is 1. The van der Waals surface area contributed by atoms with Crippen molar-refractivity contribution in [3.63, 3.8) is 0 Å². The number of benzene rings is 1. The quantitative estimate of drug-likeness (QED) is 0.645. The minimum atomic E-state index is -1.06. The predicted molar refractivity (Wildman–Crippen MR) is 65.7 cm³/mol. The Morgan fingerprint density at radius 3 is 2.58 bits per heavy atom. The summed E-state index contributed by atoms with van der Waals surface area (Å²) in [5.41, 5.74) is -0.397. The van der Waals surface area contributed by atoms with Gasteiger partial charge in [0.05, 0.1) is 5.56 Å². The Morgan fingerprint density at radius 2 is 1.95 bits per heavy atom. The summed E-state index contributed by atoms with van der Waals surface area (Å²) in [6.45, 7) is 0. The van der Waals surface area contributed by atoms with Crippen molar-refractivity contribution in [3.05, 3.63) is 40.2 Å². The van der Waals surface area contributed by atoms with E-state index in [1.165, 1.54) is 12.1 Å². The molecule has 1 heterocycles. The maximum absolute atomic E-state index is 11.6. The van der Waals surface area contributed by atoms with E-state index in [4.69, 9.17) is 5.11 Å². The monoisotopic (exact) mass is 264 g/mol. The molecule has 0 aliphatic heterocycles. The molecule has 0 aliphatic carbocycles. The molecule has 7 heteroatoms. The summed E-state index contributed by atoms with van der Waals surface area (Å²) in [6.07, 6.45) is -0.349. The topological polar surface area (TPSA) is 116 Å². The van der Waals surface area contributed by atoms with Crippen LogP contribution in [0, 0.1) is 0 Å². The van der Waals surface area contributed by atoms with Crippen LogP contribution in [-0.4, -0.2) is 31.1 Å². The molecule has 0 aliphatic rings. The van der Waals surface area contributed by atoms with Crippen molar-refractivity contribution in [1.29, 1.82) is 0 Å². The zero-order valence-electron chi connectivity index (χ0n) is 9.83. The first kappa shape index (κ1) is 12.7. The molecule has 0 amide bonds. The number of para-hydroxylation sites is 2. The second kappa shape index (κ2) is 4.89. The maximum atomic E-state index is 11.6. The number of aromatic hydroxyl groups is 2. The first-order valence-corrected chi connectivity index (χ1v) is 5.53. The molecule has 100 valence electrons. The minimum Gasteiger partial charge on any atom is -0.506 e. The molecule has 0 fully saturated rings. The first-order valence-electron chi connectivity index (χ1n) is 5.53. The molecule has 1 aromatic carbocycles. The Balaban J connectivity index is 2.45. The highest BCUT2D eigenvalue weighted by Gasteiger charge is 2.17. The van der Waals surface area contributed by atoms with Gasteiger partial charge in [0.25, 0.3) is 5.56 Å². The summed E-state index contributed by atoms with van der Waals surface area (Å²) >= 11 is 0. The standard InChI is InChI=1S/C12H12N2O5/c15-9-4-2-1-3-8(9)14-12(19)7(11(18)13-14)5-6-10(16)17/h1-4,15,19H,5-6H2,(H,13,18)(H,16,17). The number of nitrogens with zero attached hydrogens (tertiary/aromatic N) is 1. The highest BCUT2D eigenvalue weighted by Crippen LogP contribution is 2.25. The number of aromatic nitrogens is 2. The van der Waals surface area contributed by atoms with Gasteiger partial charge < -0.3 is 15.3 Å². The molecule has 19 heavy (non-hydrogen) atoms. The number of carboxylic acid groups (broad SMARTS) is 1. The van der Waals surface area contributed by atoms with E-state index in [-0.39, 0.29) is 29.8 Å². The molecule has 0 radical (unpaired) electrons. The van der Waals surface area contributed by atoms with Crippen LogP contribution < -0.4 is 5.56 Å². The van der Waals surface area contributed by atoms with Gasteiger partial charge >= 0.3 is 5.97 Å². The van der Waals surface area contributed by atoms with Gasteiger partial charge in [-0.1, -0.05) is 12.1 Å². The number of H-pyrrole nitrogens is 1. The summed E-state index contributed by atoms with van der Waals surface area (Å²) in [5, 5.41) is 30.5. The molecule has 2 aromatic rings. The molecule has 0 saturated heterocycles. The van der Waals surface area contributed by atoms with E-state index >= 15 is 0 Å². The molecule has 0 saturated carbocycles. The normalized spacial score (nSPS) is 10.5. The summed E-state index contributed by atoms with van der Waals surface area (Å²) < 4.78 is 1.02. The third-order valence-corrected chi connectivity index (χ3v) is 2.68. The number of nitrogens with one attached hydrogen (secondary N) is 1. The van der Waals surface area contributed by atoms with Crippen molar-refractivity contribution in [2.75, 3.05) is 0 Å². The molecule has 0 bridgehead atoms. The molecule has 2 rings (SSSR count). The van der Waals surface area contributed by atoms with Gasteiger partial charge in [0, 0.05) is 6.42 Å². The summed E-state index contributed by atoms with van der Waals surface area (Å²) in [6, 6.07) is 6.14. The van der Waals surface area contributed by atoms with Crippen LogP contribution >= 0.6 is 0 Å². The van der Waals surface area contributed by atoms with Gasteiger partial charge in [0.2, 0.25) is 5.88 Å². The van der Waals surface area contributed by atoms with Crippen LogP contribution in [-0.2, 0) is 11.2 Å². The molecule has 0 spiro atoms. The fourth-order valence-electron chi connectivity index (χ4n) is 1.74. The van der Waals surface area contributed by atoms with E-state index in [2.05, 4.69) is 5.10 Å². The highest BCUT2D eigenvalue weighted by molar-refractivity contribution is 5.67. The van der Waals surface area contributed by atoms with Gasteiger partial charge in [-0.25, -0.2) is 4.68 Å². The van der Waals surface area contributed by atoms with Crippen molar-refractivity contribution in [2.24, 2.45) is 0 Å². The second-order valence-corrected chi connectivity index (χ2v) is 3.96. The molecule has 0 atom stereocenters. The molecule has 7 nitrogen and oxygen atoms in total. The first-order chi connectivity index (χ1) is 9.00. The van der Waals surface area contributed by atoms with Crippen molar-refractivity contribution in [2.45, 2.75) is 12.8 Å². The van der Waals surface area contributed by atoms with E-state index in [9.17, 15) is 19.8 Å². The van der Waals surface area contributed by atoms with Gasteiger partial charge in [-0.2, -0.15) is 0 Å². The molecule has 0 unspecified atom stereocenters. The average Bonchev–Trinajstić information content (AvgIpc) is 2.63. The smallest absolute Gasteiger partial charge is 0.303 e. The Labute approximate surface area is 107 Å². The Bertz CT molecular complexity index is 671. The lowest BCUT2D eigenvalue weighted by molar-refractivity contribution is -0.136. The Hall–Kier alpha value is -2.70. The fourth-order valence-corrected chi connectivity index (χ4v) is 1.74. The number of hydrogen-bond donors (Lipinski definition) is 4. The molecular weight excluding hydrogens is 252 g/mol. The maximum Gasteiger partial charge on any atom is 0.303 e. The lowest BCUT2D eigenvalue weighted by Gasteiger charge is -2.06. The third kappa shape index (κ3) is 2.44.